The average molecular weight is 515 g/mol. The molecule has 0 bridgehead atoms. The van der Waals surface area contributed by atoms with Crippen LogP contribution in [0.5, 0.6) is 0 Å². The fraction of sp³-hybridized carbons (Fsp3) is 0.500. The van der Waals surface area contributed by atoms with E-state index in [0.29, 0.717) is 35.5 Å². The molecule has 37 heavy (non-hydrogen) atoms. The summed E-state index contributed by atoms with van der Waals surface area (Å²) in [5.41, 5.74) is 9.12. The average Bonchev–Trinajstić information content (AvgIpc) is 2.83. The van der Waals surface area contributed by atoms with Gasteiger partial charge in [-0.3, -0.25) is 0 Å². The van der Waals surface area contributed by atoms with Gasteiger partial charge >= 0.3 is 0 Å². The fourth-order valence-electron chi connectivity index (χ4n) is 5.30. The summed E-state index contributed by atoms with van der Waals surface area (Å²) < 4.78 is 0. The van der Waals surface area contributed by atoms with Crippen LogP contribution in [0, 0.1) is 0 Å². The highest BCUT2D eigenvalue weighted by atomic mass is 31.1. The number of rotatable bonds is 9. The molecule has 3 aromatic carbocycles. The van der Waals surface area contributed by atoms with Gasteiger partial charge in [0.1, 0.15) is 0 Å². The summed E-state index contributed by atoms with van der Waals surface area (Å²) in [7, 11) is -0.722. The SMILES string of the molecule is CC(C)c1cc(C(C)C)c(P(c2ccccc2)c2c(C(C)C)cc(C(C)C)cc2C(C)C)c(C(C)C)c1. The second-order valence-electron chi connectivity index (χ2n) is 12.7. The molecule has 0 aliphatic rings. The highest BCUT2D eigenvalue weighted by Crippen LogP contribution is 2.45. The first-order valence-corrected chi connectivity index (χ1v) is 15.9. The van der Waals surface area contributed by atoms with Crippen LogP contribution in [0.4, 0.5) is 0 Å². The third-order valence-corrected chi connectivity index (χ3v) is 10.4. The van der Waals surface area contributed by atoms with Crippen molar-refractivity contribution in [3.8, 4) is 0 Å². The van der Waals surface area contributed by atoms with Crippen molar-refractivity contribution in [1.29, 1.82) is 0 Å². The van der Waals surface area contributed by atoms with E-state index in [1.54, 1.807) is 32.9 Å². The van der Waals surface area contributed by atoms with Crippen LogP contribution in [0.2, 0.25) is 0 Å². The van der Waals surface area contributed by atoms with Crippen LogP contribution in [-0.2, 0) is 0 Å². The first kappa shape index (κ1) is 29.6. The molecule has 0 nitrogen and oxygen atoms in total. The van der Waals surface area contributed by atoms with Gasteiger partial charge in [-0.05, 0) is 92.7 Å². The maximum Gasteiger partial charge on any atom is -0.00814 e. The Balaban J connectivity index is 2.58. The van der Waals surface area contributed by atoms with E-state index in [0.717, 1.165) is 0 Å². The molecule has 200 valence electrons. The predicted octanol–water partition coefficient (Wildman–Crippen LogP) is 10.2. The van der Waals surface area contributed by atoms with Gasteiger partial charge in [-0.2, -0.15) is 0 Å². The van der Waals surface area contributed by atoms with E-state index in [-0.39, 0.29) is 0 Å². The topological polar surface area (TPSA) is 0 Å². The monoisotopic (exact) mass is 514 g/mol. The summed E-state index contributed by atoms with van der Waals surface area (Å²) in [6, 6.07) is 21.6. The van der Waals surface area contributed by atoms with Crippen molar-refractivity contribution in [2.24, 2.45) is 0 Å². The largest absolute Gasteiger partial charge is 0.0622 e. The molecule has 0 aromatic heterocycles. The van der Waals surface area contributed by atoms with E-state index in [4.69, 9.17) is 0 Å². The van der Waals surface area contributed by atoms with Crippen molar-refractivity contribution in [3.63, 3.8) is 0 Å². The van der Waals surface area contributed by atoms with Crippen LogP contribution in [0.1, 0.15) is 152 Å². The Kier molecular flexibility index (Phi) is 9.85. The Morgan fingerprint density at radius 3 is 0.946 bits per heavy atom. The second-order valence-corrected chi connectivity index (χ2v) is 14.8. The van der Waals surface area contributed by atoms with E-state index in [1.165, 1.54) is 16.4 Å². The van der Waals surface area contributed by atoms with Crippen molar-refractivity contribution in [3.05, 3.63) is 88.0 Å². The van der Waals surface area contributed by atoms with Crippen molar-refractivity contribution in [1.82, 2.24) is 0 Å². The van der Waals surface area contributed by atoms with Gasteiger partial charge in [-0.1, -0.05) is 138 Å². The minimum atomic E-state index is -0.722. The molecule has 3 rings (SSSR count). The molecule has 0 N–H and O–H groups in total. The smallest absolute Gasteiger partial charge is 0.00814 e. The summed E-state index contributed by atoms with van der Waals surface area (Å²) in [6.45, 7) is 28.5. The Bertz CT molecular complexity index is 1050. The molecule has 0 amide bonds. The Morgan fingerprint density at radius 2 is 0.703 bits per heavy atom. The third kappa shape index (κ3) is 6.40. The minimum Gasteiger partial charge on any atom is -0.0622 e. The molecular formula is C36H51P. The predicted molar refractivity (Wildman–Crippen MR) is 170 cm³/mol. The van der Waals surface area contributed by atoms with Crippen molar-refractivity contribution in [2.75, 3.05) is 0 Å². The zero-order valence-electron chi connectivity index (χ0n) is 25.6. The lowest BCUT2D eigenvalue weighted by Crippen LogP contribution is -2.32. The van der Waals surface area contributed by atoms with Gasteiger partial charge < -0.3 is 0 Å². The summed E-state index contributed by atoms with van der Waals surface area (Å²) in [5.74, 6) is 2.93. The number of hydrogen-bond acceptors (Lipinski definition) is 0. The zero-order valence-corrected chi connectivity index (χ0v) is 26.5. The molecule has 0 atom stereocenters. The molecule has 0 fully saturated rings. The lowest BCUT2D eigenvalue weighted by Gasteiger charge is -2.34. The first-order valence-electron chi connectivity index (χ1n) is 14.6. The van der Waals surface area contributed by atoms with E-state index < -0.39 is 7.92 Å². The molecular weight excluding hydrogens is 463 g/mol. The normalized spacial score (nSPS) is 12.4. The number of hydrogen-bond donors (Lipinski definition) is 0. The van der Waals surface area contributed by atoms with Crippen LogP contribution < -0.4 is 15.9 Å². The van der Waals surface area contributed by atoms with Crippen LogP contribution in [0.3, 0.4) is 0 Å². The van der Waals surface area contributed by atoms with Crippen LogP contribution in [0.15, 0.2) is 54.6 Å². The zero-order chi connectivity index (χ0) is 27.6. The maximum absolute atomic E-state index is 2.54. The molecule has 0 aliphatic carbocycles. The quantitative estimate of drug-likeness (QED) is 0.249. The molecule has 0 radical (unpaired) electrons. The molecule has 3 aromatic rings. The Hall–Kier alpha value is -1.91. The second kappa shape index (κ2) is 12.3. The molecule has 0 unspecified atom stereocenters. The lowest BCUT2D eigenvalue weighted by molar-refractivity contribution is 0.811. The molecule has 1 heteroatoms. The summed E-state index contributed by atoms with van der Waals surface area (Å²) in [5, 5.41) is 4.69. The minimum absolute atomic E-state index is 0.472. The van der Waals surface area contributed by atoms with E-state index in [2.05, 4.69) is 138 Å². The number of benzene rings is 3. The van der Waals surface area contributed by atoms with Crippen LogP contribution in [0.25, 0.3) is 0 Å². The van der Waals surface area contributed by atoms with E-state index in [1.807, 2.05) is 0 Å². The summed E-state index contributed by atoms with van der Waals surface area (Å²) in [4.78, 5) is 0. The molecule has 0 spiro atoms. The van der Waals surface area contributed by atoms with Crippen molar-refractivity contribution < 1.29 is 0 Å². The molecule has 0 saturated heterocycles. The summed E-state index contributed by atoms with van der Waals surface area (Å²) >= 11 is 0. The fourth-order valence-corrected chi connectivity index (χ4v) is 8.83. The maximum atomic E-state index is 2.54. The van der Waals surface area contributed by atoms with E-state index >= 15 is 0 Å². The van der Waals surface area contributed by atoms with Gasteiger partial charge in [0.2, 0.25) is 0 Å². The van der Waals surface area contributed by atoms with E-state index in [9.17, 15) is 0 Å². The highest BCUT2D eigenvalue weighted by Gasteiger charge is 2.31. The van der Waals surface area contributed by atoms with Gasteiger partial charge in [0.15, 0.2) is 0 Å². The van der Waals surface area contributed by atoms with Gasteiger partial charge in [0, 0.05) is 0 Å². The van der Waals surface area contributed by atoms with Crippen LogP contribution >= 0.6 is 7.92 Å². The van der Waals surface area contributed by atoms with Gasteiger partial charge in [0.05, 0.1) is 0 Å². The van der Waals surface area contributed by atoms with Crippen LogP contribution in [-0.4, -0.2) is 0 Å². The highest BCUT2D eigenvalue weighted by molar-refractivity contribution is 7.80. The first-order chi connectivity index (χ1) is 17.3. The molecule has 0 heterocycles. The third-order valence-electron chi connectivity index (χ3n) is 7.67. The van der Waals surface area contributed by atoms with Gasteiger partial charge in [0.25, 0.3) is 0 Å². The lowest BCUT2D eigenvalue weighted by atomic mass is 9.89. The molecule has 0 saturated carbocycles. The standard InChI is InChI=1S/C36H51P/c1-22(2)28-18-31(24(5)6)35(32(19-28)25(7)8)37(30-16-14-13-15-17-30)36-33(26(9)10)20-29(23(3)4)21-34(36)27(11)12/h13-27H,1-12H3. The van der Waals surface area contributed by atoms with Crippen molar-refractivity contribution >= 4 is 23.8 Å². The van der Waals surface area contributed by atoms with Gasteiger partial charge in [-0.15, -0.1) is 0 Å². The van der Waals surface area contributed by atoms with Gasteiger partial charge in [-0.25, -0.2) is 0 Å². The van der Waals surface area contributed by atoms with Crippen molar-refractivity contribution in [2.45, 2.75) is 119 Å². The summed E-state index contributed by atoms with van der Waals surface area (Å²) in [6.07, 6.45) is 0. The molecule has 0 aliphatic heterocycles. The Labute approximate surface area is 230 Å². The Morgan fingerprint density at radius 1 is 0.405 bits per heavy atom.